The Morgan fingerprint density at radius 3 is 2.59 bits per heavy atom. The number of aromatic carboxylic acids is 1. The van der Waals surface area contributed by atoms with Crippen molar-refractivity contribution in [2.75, 3.05) is 4.90 Å². The SMILES string of the molecule is N#Cc1ccc2c(c1)C=Cc1cccnc1N2Cc1ccc(C(=O)O)cc1. The van der Waals surface area contributed by atoms with Crippen LogP contribution in [0.25, 0.3) is 12.2 Å². The van der Waals surface area contributed by atoms with Gasteiger partial charge in [-0.2, -0.15) is 5.26 Å². The van der Waals surface area contributed by atoms with Crippen molar-refractivity contribution >= 4 is 29.6 Å². The molecule has 27 heavy (non-hydrogen) atoms. The number of carboxylic acids is 1. The number of carboxylic acid groups (broad SMARTS) is 1. The van der Waals surface area contributed by atoms with Crippen molar-refractivity contribution in [2.24, 2.45) is 0 Å². The van der Waals surface area contributed by atoms with E-state index in [0.29, 0.717) is 12.1 Å². The fraction of sp³-hybridized carbons (Fsp3) is 0.0455. The van der Waals surface area contributed by atoms with E-state index in [-0.39, 0.29) is 5.56 Å². The first-order valence-electron chi connectivity index (χ1n) is 8.43. The molecule has 3 aromatic rings. The van der Waals surface area contributed by atoms with E-state index in [9.17, 15) is 10.1 Å². The molecular weight excluding hydrogens is 338 g/mol. The first kappa shape index (κ1) is 16.6. The highest BCUT2D eigenvalue weighted by molar-refractivity contribution is 5.88. The predicted octanol–water partition coefficient (Wildman–Crippen LogP) is 4.47. The summed E-state index contributed by atoms with van der Waals surface area (Å²) in [6, 6.07) is 18.5. The van der Waals surface area contributed by atoms with Crippen molar-refractivity contribution in [1.82, 2.24) is 4.98 Å². The van der Waals surface area contributed by atoms with E-state index in [1.54, 1.807) is 24.4 Å². The van der Waals surface area contributed by atoms with Crippen molar-refractivity contribution in [2.45, 2.75) is 6.54 Å². The average molecular weight is 353 g/mol. The van der Waals surface area contributed by atoms with Gasteiger partial charge in [-0.25, -0.2) is 9.78 Å². The summed E-state index contributed by atoms with van der Waals surface area (Å²) in [7, 11) is 0. The molecule has 0 amide bonds. The smallest absolute Gasteiger partial charge is 0.335 e. The molecule has 0 bridgehead atoms. The highest BCUT2D eigenvalue weighted by atomic mass is 16.4. The number of aromatic nitrogens is 1. The Bertz CT molecular complexity index is 1100. The molecule has 2 heterocycles. The van der Waals surface area contributed by atoms with Crippen LogP contribution in [0.1, 0.15) is 32.6 Å². The number of rotatable bonds is 3. The molecule has 0 spiro atoms. The van der Waals surface area contributed by atoms with Gasteiger partial charge >= 0.3 is 5.97 Å². The lowest BCUT2D eigenvalue weighted by Crippen LogP contribution is -2.19. The van der Waals surface area contributed by atoms with Gasteiger partial charge in [0.2, 0.25) is 0 Å². The minimum Gasteiger partial charge on any atom is -0.478 e. The Kier molecular flexibility index (Phi) is 4.15. The van der Waals surface area contributed by atoms with Crippen LogP contribution < -0.4 is 4.90 Å². The molecule has 0 saturated carbocycles. The standard InChI is InChI=1S/C22H15N3O2/c23-13-16-5-10-20-19(12-16)9-8-17-2-1-11-24-21(17)25(20)14-15-3-6-18(7-4-15)22(26)27/h1-12H,14H2,(H,26,27). The number of benzene rings is 2. The number of fused-ring (bicyclic) bond motifs is 2. The zero-order valence-corrected chi connectivity index (χ0v) is 14.3. The Labute approximate surface area is 156 Å². The van der Waals surface area contributed by atoms with E-state index in [4.69, 9.17) is 5.11 Å². The van der Waals surface area contributed by atoms with Crippen LogP contribution in [0.15, 0.2) is 60.8 Å². The molecule has 1 aliphatic heterocycles. The summed E-state index contributed by atoms with van der Waals surface area (Å²) < 4.78 is 0. The number of hydrogen-bond acceptors (Lipinski definition) is 4. The minimum absolute atomic E-state index is 0.258. The third-order valence-corrected chi connectivity index (χ3v) is 4.50. The van der Waals surface area contributed by atoms with Gasteiger partial charge in [-0.3, -0.25) is 0 Å². The summed E-state index contributed by atoms with van der Waals surface area (Å²) in [5, 5.41) is 18.3. The fourth-order valence-electron chi connectivity index (χ4n) is 3.16. The van der Waals surface area contributed by atoms with Gasteiger partial charge in [0.1, 0.15) is 5.82 Å². The summed E-state index contributed by atoms with van der Waals surface area (Å²) >= 11 is 0. The lowest BCUT2D eigenvalue weighted by molar-refractivity contribution is 0.0697. The number of pyridine rings is 1. The second-order valence-electron chi connectivity index (χ2n) is 6.22. The maximum absolute atomic E-state index is 11.1. The van der Waals surface area contributed by atoms with Gasteiger partial charge in [0.15, 0.2) is 0 Å². The second-order valence-corrected chi connectivity index (χ2v) is 6.22. The molecule has 5 nitrogen and oxygen atoms in total. The van der Waals surface area contributed by atoms with Gasteiger partial charge in [0, 0.05) is 18.3 Å². The van der Waals surface area contributed by atoms with Gasteiger partial charge < -0.3 is 10.0 Å². The van der Waals surface area contributed by atoms with E-state index in [1.807, 2.05) is 48.6 Å². The first-order chi connectivity index (χ1) is 13.2. The minimum atomic E-state index is -0.943. The number of hydrogen-bond donors (Lipinski definition) is 1. The topological polar surface area (TPSA) is 77.2 Å². The van der Waals surface area contributed by atoms with E-state index < -0.39 is 5.97 Å². The summed E-state index contributed by atoms with van der Waals surface area (Å²) in [6.45, 7) is 0.532. The monoisotopic (exact) mass is 353 g/mol. The molecule has 0 radical (unpaired) electrons. The van der Waals surface area contributed by atoms with Gasteiger partial charge in [0.25, 0.3) is 0 Å². The number of anilines is 2. The molecule has 0 unspecified atom stereocenters. The van der Waals surface area contributed by atoms with Crippen LogP contribution in [0, 0.1) is 11.3 Å². The summed E-state index contributed by atoms with van der Waals surface area (Å²) in [5.41, 5.74) is 4.69. The number of nitriles is 1. The average Bonchev–Trinajstić information content (AvgIpc) is 2.85. The van der Waals surface area contributed by atoms with E-state index in [2.05, 4.69) is 16.0 Å². The molecule has 2 aromatic carbocycles. The zero-order chi connectivity index (χ0) is 18.8. The van der Waals surface area contributed by atoms with Gasteiger partial charge in [-0.15, -0.1) is 0 Å². The van der Waals surface area contributed by atoms with Crippen LogP contribution in [-0.4, -0.2) is 16.1 Å². The molecule has 1 N–H and O–H groups in total. The molecule has 0 atom stereocenters. The highest BCUT2D eigenvalue weighted by Crippen LogP contribution is 2.36. The van der Waals surface area contributed by atoms with Crippen molar-refractivity contribution in [3.8, 4) is 6.07 Å². The maximum Gasteiger partial charge on any atom is 0.335 e. The Morgan fingerprint density at radius 1 is 1.07 bits per heavy atom. The van der Waals surface area contributed by atoms with Crippen LogP contribution in [0.5, 0.6) is 0 Å². The van der Waals surface area contributed by atoms with Crippen molar-refractivity contribution in [3.05, 3.63) is 88.6 Å². The zero-order valence-electron chi connectivity index (χ0n) is 14.3. The van der Waals surface area contributed by atoms with Gasteiger partial charge in [-0.1, -0.05) is 24.3 Å². The molecule has 1 aromatic heterocycles. The van der Waals surface area contributed by atoms with Crippen molar-refractivity contribution < 1.29 is 9.90 Å². The van der Waals surface area contributed by atoms with Crippen molar-refractivity contribution in [1.29, 1.82) is 5.26 Å². The predicted molar refractivity (Wildman–Crippen MR) is 104 cm³/mol. The Morgan fingerprint density at radius 2 is 1.85 bits per heavy atom. The normalized spacial score (nSPS) is 11.9. The van der Waals surface area contributed by atoms with Crippen LogP contribution >= 0.6 is 0 Å². The lowest BCUT2D eigenvalue weighted by Gasteiger charge is -2.26. The number of nitrogens with zero attached hydrogens (tertiary/aromatic N) is 3. The molecule has 1 aliphatic rings. The summed E-state index contributed by atoms with van der Waals surface area (Å²) in [5.74, 6) is -0.124. The van der Waals surface area contributed by atoms with Crippen LogP contribution in [-0.2, 0) is 6.54 Å². The van der Waals surface area contributed by atoms with Crippen LogP contribution in [0.3, 0.4) is 0 Å². The summed E-state index contributed by atoms with van der Waals surface area (Å²) in [6.07, 6.45) is 5.74. The van der Waals surface area contributed by atoms with Gasteiger partial charge in [-0.05, 0) is 53.6 Å². The van der Waals surface area contributed by atoms with Crippen LogP contribution in [0.2, 0.25) is 0 Å². The lowest BCUT2D eigenvalue weighted by atomic mass is 10.1. The molecule has 130 valence electrons. The summed E-state index contributed by atoms with van der Waals surface area (Å²) in [4.78, 5) is 17.7. The number of carbonyl (C=O) groups is 1. The molecule has 0 saturated heterocycles. The second kappa shape index (κ2) is 6.77. The maximum atomic E-state index is 11.1. The third kappa shape index (κ3) is 3.16. The van der Waals surface area contributed by atoms with Crippen LogP contribution in [0.4, 0.5) is 11.5 Å². The fourth-order valence-corrected chi connectivity index (χ4v) is 3.16. The molecular formula is C22H15N3O2. The van der Waals surface area contributed by atoms with Gasteiger partial charge in [0.05, 0.1) is 22.9 Å². The first-order valence-corrected chi connectivity index (χ1v) is 8.43. The highest BCUT2D eigenvalue weighted by Gasteiger charge is 2.20. The molecule has 4 rings (SSSR count). The molecule has 5 heteroatoms. The van der Waals surface area contributed by atoms with Crippen molar-refractivity contribution in [3.63, 3.8) is 0 Å². The van der Waals surface area contributed by atoms with E-state index in [0.717, 1.165) is 28.2 Å². The molecule has 0 aliphatic carbocycles. The Balaban J connectivity index is 1.80. The largest absolute Gasteiger partial charge is 0.478 e. The van der Waals surface area contributed by atoms with E-state index >= 15 is 0 Å². The quantitative estimate of drug-likeness (QED) is 0.751. The van der Waals surface area contributed by atoms with E-state index in [1.165, 1.54) is 0 Å². The third-order valence-electron chi connectivity index (χ3n) is 4.50. The molecule has 0 fully saturated rings. The Hall–Kier alpha value is -3.91.